The molecule has 2 heterocycles. The van der Waals surface area contributed by atoms with Gasteiger partial charge in [-0.3, -0.25) is 0 Å². The van der Waals surface area contributed by atoms with Crippen LogP contribution < -0.4 is 0 Å². The normalized spacial score (nSPS) is 12.4. The molecule has 0 aliphatic rings. The second kappa shape index (κ2) is 11.5. The maximum absolute atomic E-state index is 15.0. The lowest BCUT2D eigenvalue weighted by Crippen LogP contribution is -2.15. The zero-order valence-corrected chi connectivity index (χ0v) is 28.4. The fourth-order valence-corrected chi connectivity index (χ4v) is 7.57. The van der Waals surface area contributed by atoms with Crippen LogP contribution in [0.4, 0.5) is 26.3 Å². The molecule has 0 amide bonds. The van der Waals surface area contributed by atoms with Crippen molar-refractivity contribution in [3.05, 3.63) is 142 Å². The van der Waals surface area contributed by atoms with Gasteiger partial charge >= 0.3 is 12.4 Å². The molecular weight excluding hydrogens is 672 g/mol. The van der Waals surface area contributed by atoms with Crippen molar-refractivity contribution in [3.63, 3.8) is 0 Å². The van der Waals surface area contributed by atoms with Crippen LogP contribution in [0.5, 0.6) is 0 Å². The molecule has 52 heavy (non-hydrogen) atoms. The standard InChI is InChI=1S/C43H29F6N3/c1-23-9-13-35-29(16-23)28-12-8-26(4)19-39(28)52(35)40-20-27(22-50)38(21-32(40)41-33(42(44,45)46)6-5-7-34(41)43(47,48)49)51-36-14-10-24(2)17-30(36)31-18-25(3)11-15-37(31)51/h5-21H,1-4H3. The van der Waals surface area contributed by atoms with E-state index in [1.807, 2.05) is 100 Å². The van der Waals surface area contributed by atoms with E-state index in [1.165, 1.54) is 12.1 Å². The Balaban J connectivity index is 1.62. The van der Waals surface area contributed by atoms with Gasteiger partial charge in [-0.1, -0.05) is 53.1 Å². The number of hydrogen-bond donors (Lipinski definition) is 0. The van der Waals surface area contributed by atoms with Crippen LogP contribution >= 0.6 is 0 Å². The molecule has 0 N–H and O–H groups in total. The van der Waals surface area contributed by atoms with Gasteiger partial charge in [0.05, 0.1) is 50.1 Å². The molecule has 8 aromatic rings. The van der Waals surface area contributed by atoms with E-state index in [9.17, 15) is 31.6 Å². The highest BCUT2D eigenvalue weighted by atomic mass is 19.4. The van der Waals surface area contributed by atoms with Gasteiger partial charge in [-0.25, -0.2) is 0 Å². The van der Waals surface area contributed by atoms with Crippen molar-refractivity contribution in [3.8, 4) is 28.6 Å². The van der Waals surface area contributed by atoms with Crippen LogP contribution in [-0.2, 0) is 12.4 Å². The lowest BCUT2D eigenvalue weighted by atomic mass is 9.90. The predicted octanol–water partition coefficient (Wildman–Crippen LogP) is 12.7. The Kier molecular flexibility index (Phi) is 7.33. The average Bonchev–Trinajstić information content (AvgIpc) is 3.57. The van der Waals surface area contributed by atoms with Crippen molar-refractivity contribution >= 4 is 43.6 Å². The zero-order chi connectivity index (χ0) is 36.9. The number of nitriles is 1. The number of rotatable bonds is 3. The topological polar surface area (TPSA) is 33.6 Å². The third kappa shape index (κ3) is 5.12. The van der Waals surface area contributed by atoms with Crippen LogP contribution in [0, 0.1) is 39.0 Å². The van der Waals surface area contributed by atoms with Crippen LogP contribution in [-0.4, -0.2) is 9.13 Å². The van der Waals surface area contributed by atoms with Crippen molar-refractivity contribution in [2.45, 2.75) is 40.0 Å². The molecule has 0 saturated heterocycles. The van der Waals surface area contributed by atoms with Gasteiger partial charge in [0.2, 0.25) is 0 Å². The van der Waals surface area contributed by atoms with E-state index in [2.05, 4.69) is 6.07 Å². The number of halogens is 6. The highest BCUT2D eigenvalue weighted by Gasteiger charge is 2.42. The van der Waals surface area contributed by atoms with Crippen molar-refractivity contribution < 1.29 is 26.3 Å². The highest BCUT2D eigenvalue weighted by molar-refractivity contribution is 6.12. The van der Waals surface area contributed by atoms with E-state index >= 15 is 0 Å². The zero-order valence-electron chi connectivity index (χ0n) is 28.4. The largest absolute Gasteiger partial charge is 0.417 e. The molecule has 0 aliphatic carbocycles. The summed E-state index contributed by atoms with van der Waals surface area (Å²) >= 11 is 0. The fraction of sp³-hybridized carbons (Fsp3) is 0.140. The molecule has 9 heteroatoms. The van der Waals surface area contributed by atoms with Crippen molar-refractivity contribution in [2.75, 3.05) is 0 Å². The van der Waals surface area contributed by atoms with Gasteiger partial charge in [0, 0.05) is 32.7 Å². The molecule has 0 aliphatic heterocycles. The molecule has 0 atom stereocenters. The predicted molar refractivity (Wildman–Crippen MR) is 194 cm³/mol. The second-order valence-corrected chi connectivity index (χ2v) is 13.5. The number of benzene rings is 6. The molecule has 0 unspecified atom stereocenters. The van der Waals surface area contributed by atoms with Gasteiger partial charge < -0.3 is 9.13 Å². The lowest BCUT2D eigenvalue weighted by molar-refractivity contribution is -0.142. The molecule has 8 rings (SSSR count). The van der Waals surface area contributed by atoms with E-state index < -0.39 is 29.0 Å². The molecule has 0 bridgehead atoms. The fourth-order valence-electron chi connectivity index (χ4n) is 7.57. The summed E-state index contributed by atoms with van der Waals surface area (Å²) in [6.45, 7) is 7.65. The minimum atomic E-state index is -5.14. The van der Waals surface area contributed by atoms with Crippen LogP contribution in [0.25, 0.3) is 66.1 Å². The number of aryl methyl sites for hydroxylation is 4. The van der Waals surface area contributed by atoms with Gasteiger partial charge in [0.1, 0.15) is 6.07 Å². The third-order valence-corrected chi connectivity index (χ3v) is 9.81. The molecule has 0 fully saturated rings. The Labute approximate surface area is 294 Å². The molecule has 6 aromatic carbocycles. The number of hydrogen-bond acceptors (Lipinski definition) is 1. The van der Waals surface area contributed by atoms with Gasteiger partial charge in [-0.15, -0.1) is 0 Å². The second-order valence-electron chi connectivity index (χ2n) is 13.5. The van der Waals surface area contributed by atoms with E-state index in [0.29, 0.717) is 34.2 Å². The SMILES string of the molecule is Cc1ccc2c(c1)c1cc(C)ccc1n2-c1cc(-c2c(C(F)(F)F)cccc2C(F)(F)F)c(-n2c3ccc(C)cc3c3ccc(C)cc32)cc1C#N. The Morgan fingerprint density at radius 2 is 0.923 bits per heavy atom. The van der Waals surface area contributed by atoms with Crippen molar-refractivity contribution in [1.82, 2.24) is 9.13 Å². The Hall–Kier alpha value is -6.01. The lowest BCUT2D eigenvalue weighted by Gasteiger charge is -2.24. The van der Waals surface area contributed by atoms with Crippen LogP contribution in [0.3, 0.4) is 0 Å². The minimum absolute atomic E-state index is 0.0180. The first-order chi connectivity index (χ1) is 24.7. The Morgan fingerprint density at radius 3 is 1.40 bits per heavy atom. The van der Waals surface area contributed by atoms with Crippen LogP contribution in [0.1, 0.15) is 38.9 Å². The molecule has 2 aromatic heterocycles. The first kappa shape index (κ1) is 33.2. The molecule has 3 nitrogen and oxygen atoms in total. The Morgan fingerprint density at radius 1 is 0.481 bits per heavy atom. The maximum atomic E-state index is 15.0. The Bertz CT molecular complexity index is 2730. The summed E-state index contributed by atoms with van der Waals surface area (Å²) in [5.74, 6) is 0. The van der Waals surface area contributed by atoms with E-state index in [0.717, 1.165) is 49.9 Å². The average molecular weight is 702 g/mol. The smallest absolute Gasteiger partial charge is 0.309 e. The molecule has 0 radical (unpaired) electrons. The highest BCUT2D eigenvalue weighted by Crippen LogP contribution is 2.49. The number of fused-ring (bicyclic) bond motifs is 6. The van der Waals surface area contributed by atoms with Gasteiger partial charge in [0.25, 0.3) is 0 Å². The summed E-state index contributed by atoms with van der Waals surface area (Å²) in [4.78, 5) is 0. The van der Waals surface area contributed by atoms with Crippen molar-refractivity contribution in [2.24, 2.45) is 0 Å². The summed E-state index contributed by atoms with van der Waals surface area (Å²) in [6.07, 6.45) is -10.3. The summed E-state index contributed by atoms with van der Waals surface area (Å²) in [7, 11) is 0. The number of nitrogens with zero attached hydrogens (tertiary/aromatic N) is 3. The van der Waals surface area contributed by atoms with Gasteiger partial charge in [0.15, 0.2) is 0 Å². The third-order valence-electron chi connectivity index (χ3n) is 9.81. The first-order valence-corrected chi connectivity index (χ1v) is 16.5. The van der Waals surface area contributed by atoms with Crippen LogP contribution in [0.15, 0.2) is 103 Å². The molecule has 258 valence electrons. The molecule has 0 saturated carbocycles. The number of alkyl halides is 6. The molecule has 0 spiro atoms. The van der Waals surface area contributed by atoms with Crippen LogP contribution in [0.2, 0.25) is 0 Å². The quantitative estimate of drug-likeness (QED) is 0.169. The summed E-state index contributed by atoms with van der Waals surface area (Å²) in [5, 5.41) is 14.0. The monoisotopic (exact) mass is 701 g/mol. The van der Waals surface area contributed by atoms with E-state index in [1.54, 1.807) is 9.13 Å². The van der Waals surface area contributed by atoms with E-state index in [4.69, 9.17) is 0 Å². The first-order valence-electron chi connectivity index (χ1n) is 16.5. The summed E-state index contributed by atoms with van der Waals surface area (Å²) in [5.41, 5.74) is 2.25. The van der Waals surface area contributed by atoms with Gasteiger partial charge in [-0.05, 0) is 100.0 Å². The van der Waals surface area contributed by atoms with Gasteiger partial charge in [-0.2, -0.15) is 31.6 Å². The minimum Gasteiger partial charge on any atom is -0.309 e. The number of aromatic nitrogens is 2. The van der Waals surface area contributed by atoms with Crippen molar-refractivity contribution in [1.29, 1.82) is 5.26 Å². The summed E-state index contributed by atoms with van der Waals surface area (Å²) < 4.78 is 93.2. The summed E-state index contributed by atoms with van der Waals surface area (Å²) in [6, 6.07) is 29.8. The maximum Gasteiger partial charge on any atom is 0.417 e. The molecular formula is C43H29F6N3. The van der Waals surface area contributed by atoms with E-state index in [-0.39, 0.29) is 22.5 Å².